The van der Waals surface area contributed by atoms with Crippen LogP contribution < -0.4 is 5.49 Å². The molecule has 3 aromatic rings. The molecule has 0 unspecified atom stereocenters. The van der Waals surface area contributed by atoms with Crippen LogP contribution in [0.2, 0.25) is 0 Å². The molecule has 0 radical (unpaired) electrons. The van der Waals surface area contributed by atoms with Gasteiger partial charge >= 0.3 is 0 Å². The Hall–Kier alpha value is -2.95. The van der Waals surface area contributed by atoms with Gasteiger partial charge in [0.1, 0.15) is 11.8 Å². The van der Waals surface area contributed by atoms with Gasteiger partial charge in [0, 0.05) is 17.8 Å². The van der Waals surface area contributed by atoms with E-state index in [9.17, 15) is 4.79 Å². The maximum atomic E-state index is 12.6. The van der Waals surface area contributed by atoms with Gasteiger partial charge in [0.2, 0.25) is 11.8 Å². The van der Waals surface area contributed by atoms with Gasteiger partial charge in [-0.1, -0.05) is 24.3 Å². The van der Waals surface area contributed by atoms with Crippen molar-refractivity contribution in [3.05, 3.63) is 72.2 Å². The van der Waals surface area contributed by atoms with E-state index >= 15 is 0 Å². The topological polar surface area (TPSA) is 60.4 Å². The second-order valence-electron chi connectivity index (χ2n) is 5.73. The van der Waals surface area contributed by atoms with Crippen LogP contribution in [0, 0.1) is 0 Å². The third kappa shape index (κ3) is 3.68. The average molecular weight is 321 g/mol. The minimum atomic E-state index is -0.0945. The van der Waals surface area contributed by atoms with E-state index in [-0.39, 0.29) is 18.4 Å². The van der Waals surface area contributed by atoms with Crippen LogP contribution >= 0.6 is 0 Å². The lowest BCUT2D eigenvalue weighted by Crippen LogP contribution is -2.28. The van der Waals surface area contributed by atoms with Crippen molar-refractivity contribution in [2.24, 2.45) is 4.99 Å². The highest BCUT2D eigenvalue weighted by atomic mass is 16.3. The molecule has 0 aliphatic heterocycles. The lowest BCUT2D eigenvalue weighted by atomic mass is 10.2. The number of hydrogen-bond acceptors (Lipinski definition) is 4. The number of aromatic nitrogens is 2. The van der Waals surface area contributed by atoms with E-state index in [2.05, 4.69) is 9.98 Å². The Balaban J connectivity index is 1.83. The highest BCUT2D eigenvalue weighted by molar-refractivity contribution is 5.80. The van der Waals surface area contributed by atoms with Crippen molar-refractivity contribution in [1.82, 2.24) is 9.55 Å². The zero-order chi connectivity index (χ0) is 16.9. The summed E-state index contributed by atoms with van der Waals surface area (Å²) < 4.78 is 7.04. The summed E-state index contributed by atoms with van der Waals surface area (Å²) in [4.78, 5) is 21.5. The molecule has 24 heavy (non-hydrogen) atoms. The quantitative estimate of drug-likeness (QED) is 0.740. The van der Waals surface area contributed by atoms with Gasteiger partial charge in [-0.3, -0.25) is 14.4 Å². The Bertz CT molecular complexity index is 892. The Morgan fingerprint density at radius 3 is 2.67 bits per heavy atom. The molecule has 0 atom stereocenters. The van der Waals surface area contributed by atoms with E-state index in [1.165, 1.54) is 6.26 Å². The third-order valence-electron chi connectivity index (χ3n) is 3.40. The van der Waals surface area contributed by atoms with Crippen LogP contribution in [0.15, 0.2) is 70.4 Å². The Kier molecular flexibility index (Phi) is 4.70. The van der Waals surface area contributed by atoms with Gasteiger partial charge in [-0.05, 0) is 38.1 Å². The standard InChI is InChI=1S/C19H19N3O2/c1-14(2)20-17-10-6-7-11-22(17)18(23)12-16-13-24-19(21-16)15-8-4-3-5-9-15/h3-11,13-14H,12H2,1-2H3. The van der Waals surface area contributed by atoms with Crippen LogP contribution in [0.3, 0.4) is 0 Å². The molecule has 5 nitrogen and oxygen atoms in total. The molecule has 0 saturated heterocycles. The summed E-state index contributed by atoms with van der Waals surface area (Å²) in [6.45, 7) is 3.96. The molecule has 0 aliphatic rings. The molecular weight excluding hydrogens is 302 g/mol. The minimum absolute atomic E-state index is 0.0945. The van der Waals surface area contributed by atoms with Crippen molar-refractivity contribution in [3.63, 3.8) is 0 Å². The summed E-state index contributed by atoms with van der Waals surface area (Å²) in [5.41, 5.74) is 2.13. The minimum Gasteiger partial charge on any atom is -0.444 e. The van der Waals surface area contributed by atoms with Crippen molar-refractivity contribution in [3.8, 4) is 11.5 Å². The number of hydrogen-bond donors (Lipinski definition) is 0. The van der Waals surface area contributed by atoms with Crippen LogP contribution in [-0.4, -0.2) is 21.5 Å². The monoisotopic (exact) mass is 321 g/mol. The van der Waals surface area contributed by atoms with E-state index < -0.39 is 0 Å². The van der Waals surface area contributed by atoms with Crippen LogP contribution in [0.1, 0.15) is 24.3 Å². The Morgan fingerprint density at radius 2 is 1.92 bits per heavy atom. The maximum Gasteiger partial charge on any atom is 0.238 e. The molecule has 0 fully saturated rings. The van der Waals surface area contributed by atoms with E-state index in [0.717, 1.165) is 5.56 Å². The SMILES string of the molecule is CC(C)N=c1ccccn1C(=O)Cc1coc(-c2ccccc2)n1. The van der Waals surface area contributed by atoms with Gasteiger partial charge < -0.3 is 4.42 Å². The normalized spacial score (nSPS) is 11.9. The van der Waals surface area contributed by atoms with Crippen molar-refractivity contribution in [2.45, 2.75) is 26.3 Å². The molecule has 0 aliphatic carbocycles. The number of oxazole rings is 1. The largest absolute Gasteiger partial charge is 0.444 e. The number of rotatable bonds is 4. The first-order valence-corrected chi connectivity index (χ1v) is 7.88. The summed E-state index contributed by atoms with van der Waals surface area (Å²) >= 11 is 0. The molecule has 122 valence electrons. The van der Waals surface area contributed by atoms with Gasteiger partial charge in [-0.15, -0.1) is 0 Å². The number of nitrogens with zero attached hydrogens (tertiary/aromatic N) is 3. The second kappa shape index (κ2) is 7.08. The Labute approximate surface area is 140 Å². The second-order valence-corrected chi connectivity index (χ2v) is 5.73. The molecule has 3 rings (SSSR count). The first-order chi connectivity index (χ1) is 11.6. The number of carbonyl (C=O) groups excluding carboxylic acids is 1. The predicted molar refractivity (Wildman–Crippen MR) is 91.4 cm³/mol. The first kappa shape index (κ1) is 15.9. The zero-order valence-electron chi connectivity index (χ0n) is 13.7. The molecular formula is C19H19N3O2. The highest BCUT2D eigenvalue weighted by Crippen LogP contribution is 2.18. The first-order valence-electron chi connectivity index (χ1n) is 7.88. The fraction of sp³-hybridized carbons (Fsp3) is 0.211. The van der Waals surface area contributed by atoms with Gasteiger partial charge in [-0.25, -0.2) is 4.98 Å². The number of pyridine rings is 1. The maximum absolute atomic E-state index is 12.6. The molecule has 1 aromatic carbocycles. The molecule has 2 aromatic heterocycles. The van der Waals surface area contributed by atoms with E-state index in [1.807, 2.05) is 62.4 Å². The smallest absolute Gasteiger partial charge is 0.238 e. The third-order valence-corrected chi connectivity index (χ3v) is 3.40. The highest BCUT2D eigenvalue weighted by Gasteiger charge is 2.12. The van der Waals surface area contributed by atoms with Crippen LogP contribution in [0.5, 0.6) is 0 Å². The predicted octanol–water partition coefficient (Wildman–Crippen LogP) is 3.34. The summed E-state index contributed by atoms with van der Waals surface area (Å²) in [7, 11) is 0. The fourth-order valence-corrected chi connectivity index (χ4v) is 2.36. The lowest BCUT2D eigenvalue weighted by molar-refractivity contribution is 0.0907. The summed E-state index contributed by atoms with van der Waals surface area (Å²) in [6.07, 6.45) is 3.41. The fourth-order valence-electron chi connectivity index (χ4n) is 2.36. The van der Waals surface area contributed by atoms with Crippen molar-refractivity contribution in [1.29, 1.82) is 0 Å². The van der Waals surface area contributed by atoms with Gasteiger partial charge in [-0.2, -0.15) is 0 Å². The number of benzene rings is 1. The molecule has 0 saturated carbocycles. The van der Waals surface area contributed by atoms with E-state index in [1.54, 1.807) is 10.8 Å². The van der Waals surface area contributed by atoms with Gasteiger partial charge in [0.25, 0.3) is 0 Å². The summed E-state index contributed by atoms with van der Waals surface area (Å²) in [6, 6.07) is 15.2. The van der Waals surface area contributed by atoms with E-state index in [0.29, 0.717) is 17.1 Å². The number of carbonyl (C=O) groups is 1. The summed E-state index contributed by atoms with van der Waals surface area (Å²) in [5, 5.41) is 0. The molecule has 0 amide bonds. The molecule has 2 heterocycles. The van der Waals surface area contributed by atoms with Crippen LogP contribution in [-0.2, 0) is 6.42 Å². The Morgan fingerprint density at radius 1 is 1.17 bits per heavy atom. The van der Waals surface area contributed by atoms with Crippen molar-refractivity contribution < 1.29 is 9.21 Å². The molecule has 0 bridgehead atoms. The molecule has 0 N–H and O–H groups in total. The molecule has 5 heteroatoms. The average Bonchev–Trinajstić information content (AvgIpc) is 3.04. The van der Waals surface area contributed by atoms with Gasteiger partial charge in [0.05, 0.1) is 12.1 Å². The van der Waals surface area contributed by atoms with Crippen molar-refractivity contribution >= 4 is 5.91 Å². The summed E-state index contributed by atoms with van der Waals surface area (Å²) in [5.74, 6) is 0.423. The lowest BCUT2D eigenvalue weighted by Gasteiger charge is -2.05. The van der Waals surface area contributed by atoms with Crippen LogP contribution in [0.4, 0.5) is 0 Å². The zero-order valence-corrected chi connectivity index (χ0v) is 13.7. The molecule has 0 spiro atoms. The van der Waals surface area contributed by atoms with E-state index in [4.69, 9.17) is 4.42 Å². The van der Waals surface area contributed by atoms with Crippen molar-refractivity contribution in [2.75, 3.05) is 0 Å². The van der Waals surface area contributed by atoms with Gasteiger partial charge in [0.15, 0.2) is 0 Å². The van der Waals surface area contributed by atoms with Crippen LogP contribution in [0.25, 0.3) is 11.5 Å².